The Morgan fingerprint density at radius 3 is 2.60 bits per heavy atom. The van der Waals surface area contributed by atoms with E-state index in [4.69, 9.17) is 5.73 Å². The van der Waals surface area contributed by atoms with Crippen LogP contribution in [0, 0.1) is 0 Å². The van der Waals surface area contributed by atoms with E-state index < -0.39 is 6.23 Å². The number of thioether (sulfide) groups is 1. The Balaban J connectivity index is 2.24. The smallest absolute Gasteiger partial charge is 0.119 e. The highest BCUT2D eigenvalue weighted by molar-refractivity contribution is 7.99. The van der Waals surface area contributed by atoms with Gasteiger partial charge in [0.25, 0.3) is 0 Å². The van der Waals surface area contributed by atoms with E-state index in [1.165, 1.54) is 0 Å². The molecule has 1 aliphatic heterocycles. The topological polar surface area (TPSA) is 49.5 Å². The van der Waals surface area contributed by atoms with Crippen molar-refractivity contribution in [3.8, 4) is 0 Å². The van der Waals surface area contributed by atoms with Crippen molar-refractivity contribution < 1.29 is 5.11 Å². The molecule has 1 saturated heterocycles. The SMILES string of the molecule is NCC(O)N1CCSCC1. The van der Waals surface area contributed by atoms with Gasteiger partial charge in [0.05, 0.1) is 0 Å². The molecule has 0 aromatic rings. The third-order valence-electron chi connectivity index (χ3n) is 1.68. The lowest BCUT2D eigenvalue weighted by Crippen LogP contribution is -2.44. The fourth-order valence-electron chi connectivity index (χ4n) is 1.02. The molecule has 1 unspecified atom stereocenters. The number of aliphatic hydroxyl groups excluding tert-OH is 1. The number of aliphatic hydroxyl groups is 1. The van der Waals surface area contributed by atoms with Crippen molar-refractivity contribution in [2.24, 2.45) is 5.73 Å². The van der Waals surface area contributed by atoms with Crippen LogP contribution < -0.4 is 5.73 Å². The fraction of sp³-hybridized carbons (Fsp3) is 1.00. The van der Waals surface area contributed by atoms with Crippen molar-refractivity contribution in [3.05, 3.63) is 0 Å². The second-order valence-electron chi connectivity index (χ2n) is 2.36. The summed E-state index contributed by atoms with van der Waals surface area (Å²) in [6, 6.07) is 0. The molecule has 1 atom stereocenters. The molecular formula is C6H14N2OS. The minimum atomic E-state index is -0.416. The van der Waals surface area contributed by atoms with Crippen LogP contribution in [0.3, 0.4) is 0 Å². The minimum Gasteiger partial charge on any atom is -0.377 e. The molecule has 3 nitrogen and oxygen atoms in total. The maximum atomic E-state index is 9.27. The molecule has 0 saturated carbocycles. The van der Waals surface area contributed by atoms with Crippen molar-refractivity contribution in [2.45, 2.75) is 6.23 Å². The quantitative estimate of drug-likeness (QED) is 0.564. The maximum absolute atomic E-state index is 9.27. The number of hydrogen-bond donors (Lipinski definition) is 2. The number of rotatable bonds is 2. The summed E-state index contributed by atoms with van der Waals surface area (Å²) < 4.78 is 0. The van der Waals surface area contributed by atoms with Gasteiger partial charge < -0.3 is 10.8 Å². The van der Waals surface area contributed by atoms with E-state index >= 15 is 0 Å². The molecule has 1 aliphatic rings. The molecule has 0 spiro atoms. The lowest BCUT2D eigenvalue weighted by Gasteiger charge is -2.29. The first-order valence-electron chi connectivity index (χ1n) is 3.54. The molecule has 0 aliphatic carbocycles. The van der Waals surface area contributed by atoms with Gasteiger partial charge in [-0.05, 0) is 0 Å². The van der Waals surface area contributed by atoms with Crippen LogP contribution in [0.5, 0.6) is 0 Å². The van der Waals surface area contributed by atoms with E-state index in [0.717, 1.165) is 24.6 Å². The molecule has 0 bridgehead atoms. The number of nitrogens with zero attached hydrogens (tertiary/aromatic N) is 1. The zero-order valence-corrected chi connectivity index (χ0v) is 6.81. The Morgan fingerprint density at radius 2 is 2.10 bits per heavy atom. The van der Waals surface area contributed by atoms with Gasteiger partial charge in [-0.15, -0.1) is 0 Å². The largest absolute Gasteiger partial charge is 0.377 e. The summed E-state index contributed by atoms with van der Waals surface area (Å²) in [5, 5.41) is 9.27. The molecule has 0 aromatic heterocycles. The molecule has 10 heavy (non-hydrogen) atoms. The summed E-state index contributed by atoms with van der Waals surface area (Å²) >= 11 is 1.93. The second kappa shape index (κ2) is 4.18. The predicted molar refractivity (Wildman–Crippen MR) is 44.0 cm³/mol. The molecule has 3 N–H and O–H groups in total. The second-order valence-corrected chi connectivity index (χ2v) is 3.59. The first-order valence-corrected chi connectivity index (χ1v) is 4.70. The van der Waals surface area contributed by atoms with E-state index in [2.05, 4.69) is 0 Å². The summed E-state index contributed by atoms with van der Waals surface area (Å²) in [6.45, 7) is 2.30. The molecular weight excluding hydrogens is 148 g/mol. The Hall–Kier alpha value is 0.230. The van der Waals surface area contributed by atoms with E-state index in [9.17, 15) is 5.11 Å². The van der Waals surface area contributed by atoms with Crippen molar-refractivity contribution >= 4 is 11.8 Å². The standard InChI is InChI=1S/C6H14N2OS/c7-5-6(9)8-1-3-10-4-2-8/h6,9H,1-5,7H2. The van der Waals surface area contributed by atoms with E-state index in [0.29, 0.717) is 6.54 Å². The van der Waals surface area contributed by atoms with E-state index in [1.807, 2.05) is 16.7 Å². The lowest BCUT2D eigenvalue weighted by atomic mass is 10.4. The molecule has 1 fully saturated rings. The summed E-state index contributed by atoms with van der Waals surface area (Å²) in [7, 11) is 0. The summed E-state index contributed by atoms with van der Waals surface area (Å²) in [5.41, 5.74) is 5.30. The fourth-order valence-corrected chi connectivity index (χ4v) is 1.96. The van der Waals surface area contributed by atoms with Gasteiger partial charge in [0.15, 0.2) is 0 Å². The summed E-state index contributed by atoms with van der Waals surface area (Å²) in [6.07, 6.45) is -0.416. The number of nitrogens with two attached hydrogens (primary N) is 1. The van der Waals surface area contributed by atoms with Gasteiger partial charge in [-0.25, -0.2) is 0 Å². The highest BCUT2D eigenvalue weighted by atomic mass is 32.2. The molecule has 1 rings (SSSR count). The Morgan fingerprint density at radius 1 is 1.50 bits per heavy atom. The summed E-state index contributed by atoms with van der Waals surface area (Å²) in [5.74, 6) is 2.24. The van der Waals surface area contributed by atoms with Gasteiger partial charge in [-0.2, -0.15) is 11.8 Å². The van der Waals surface area contributed by atoms with Crippen molar-refractivity contribution in [2.75, 3.05) is 31.1 Å². The highest BCUT2D eigenvalue weighted by Gasteiger charge is 2.16. The predicted octanol–water partition coefficient (Wildman–Crippen LogP) is -0.688. The lowest BCUT2D eigenvalue weighted by molar-refractivity contribution is 0.0182. The average molecular weight is 162 g/mol. The van der Waals surface area contributed by atoms with Crippen molar-refractivity contribution in [1.82, 2.24) is 4.90 Å². The van der Waals surface area contributed by atoms with Gasteiger partial charge in [-0.3, -0.25) is 4.90 Å². The van der Waals surface area contributed by atoms with Crippen LogP contribution in [-0.4, -0.2) is 47.4 Å². The molecule has 60 valence electrons. The Kier molecular flexibility index (Phi) is 3.48. The molecule has 0 amide bonds. The minimum absolute atomic E-state index is 0.352. The highest BCUT2D eigenvalue weighted by Crippen LogP contribution is 2.10. The Bertz CT molecular complexity index is 95.7. The molecule has 4 heteroatoms. The van der Waals surface area contributed by atoms with Crippen LogP contribution in [0.15, 0.2) is 0 Å². The van der Waals surface area contributed by atoms with Gasteiger partial charge in [-0.1, -0.05) is 0 Å². The molecule has 0 radical (unpaired) electrons. The first kappa shape index (κ1) is 8.33. The van der Waals surface area contributed by atoms with E-state index in [-0.39, 0.29) is 0 Å². The van der Waals surface area contributed by atoms with Crippen LogP contribution in [0.1, 0.15) is 0 Å². The zero-order chi connectivity index (χ0) is 7.40. The van der Waals surface area contributed by atoms with Crippen LogP contribution in [-0.2, 0) is 0 Å². The van der Waals surface area contributed by atoms with Gasteiger partial charge in [0.2, 0.25) is 0 Å². The monoisotopic (exact) mass is 162 g/mol. The van der Waals surface area contributed by atoms with Crippen LogP contribution in [0.4, 0.5) is 0 Å². The normalized spacial score (nSPS) is 24.6. The van der Waals surface area contributed by atoms with Crippen LogP contribution in [0.25, 0.3) is 0 Å². The van der Waals surface area contributed by atoms with Crippen LogP contribution in [0.2, 0.25) is 0 Å². The average Bonchev–Trinajstić information content (AvgIpc) is 2.05. The van der Waals surface area contributed by atoms with Crippen LogP contribution >= 0.6 is 11.8 Å². The first-order chi connectivity index (χ1) is 4.84. The third kappa shape index (κ3) is 2.12. The molecule has 1 heterocycles. The third-order valence-corrected chi connectivity index (χ3v) is 2.62. The maximum Gasteiger partial charge on any atom is 0.119 e. The Labute approximate surface area is 65.6 Å². The molecule has 0 aromatic carbocycles. The van der Waals surface area contributed by atoms with Crippen molar-refractivity contribution in [1.29, 1.82) is 0 Å². The van der Waals surface area contributed by atoms with E-state index in [1.54, 1.807) is 0 Å². The van der Waals surface area contributed by atoms with Crippen molar-refractivity contribution in [3.63, 3.8) is 0 Å². The van der Waals surface area contributed by atoms with Gasteiger partial charge in [0.1, 0.15) is 6.23 Å². The summed E-state index contributed by atoms with van der Waals surface area (Å²) in [4.78, 5) is 2.02. The van der Waals surface area contributed by atoms with Gasteiger partial charge >= 0.3 is 0 Å². The van der Waals surface area contributed by atoms with Gasteiger partial charge in [0, 0.05) is 31.1 Å². The number of hydrogen-bond acceptors (Lipinski definition) is 4. The zero-order valence-electron chi connectivity index (χ0n) is 5.99.